The molecule has 0 aliphatic carbocycles. The second-order valence-corrected chi connectivity index (χ2v) is 7.75. The van der Waals surface area contributed by atoms with Crippen molar-refractivity contribution in [2.45, 2.75) is 33.1 Å². The van der Waals surface area contributed by atoms with Gasteiger partial charge in [-0.3, -0.25) is 0 Å². The lowest BCUT2D eigenvalue weighted by atomic mass is 10.1. The Morgan fingerprint density at radius 1 is 0.875 bits per heavy atom. The second-order valence-electron chi connectivity index (χ2n) is 7.75. The molecule has 3 aromatic carbocycles. The zero-order valence-corrected chi connectivity index (χ0v) is 18.6. The monoisotopic (exact) mass is 432 g/mol. The SMILES string of the molecule is COc1ccccc1OCC(O)Cn1c(COc2c(C)cccc2C)nc2ccccc21. The van der Waals surface area contributed by atoms with E-state index in [-0.39, 0.29) is 6.61 Å². The molecule has 4 rings (SSSR count). The average Bonchev–Trinajstić information content (AvgIpc) is 3.14. The maximum Gasteiger partial charge on any atom is 0.161 e. The van der Waals surface area contributed by atoms with Gasteiger partial charge >= 0.3 is 0 Å². The number of aliphatic hydroxyl groups excluding tert-OH is 1. The van der Waals surface area contributed by atoms with Crippen LogP contribution in [0.25, 0.3) is 11.0 Å². The Labute approximate surface area is 188 Å². The van der Waals surface area contributed by atoms with E-state index in [9.17, 15) is 5.11 Å². The van der Waals surface area contributed by atoms with E-state index < -0.39 is 6.10 Å². The largest absolute Gasteiger partial charge is 0.493 e. The summed E-state index contributed by atoms with van der Waals surface area (Å²) in [5.41, 5.74) is 3.98. The number of hydrogen-bond acceptors (Lipinski definition) is 5. The molecule has 0 saturated heterocycles. The van der Waals surface area contributed by atoms with E-state index in [1.165, 1.54) is 0 Å². The van der Waals surface area contributed by atoms with Crippen LogP contribution in [-0.2, 0) is 13.2 Å². The third-order valence-electron chi connectivity index (χ3n) is 5.38. The molecule has 32 heavy (non-hydrogen) atoms. The molecule has 0 saturated carbocycles. The third kappa shape index (κ3) is 4.70. The van der Waals surface area contributed by atoms with E-state index in [0.29, 0.717) is 24.7 Å². The quantitative estimate of drug-likeness (QED) is 0.416. The summed E-state index contributed by atoms with van der Waals surface area (Å²) < 4.78 is 19.3. The molecular weight excluding hydrogens is 404 g/mol. The van der Waals surface area contributed by atoms with Crippen LogP contribution in [0.1, 0.15) is 17.0 Å². The summed E-state index contributed by atoms with van der Waals surface area (Å²) in [6.45, 7) is 4.83. The highest BCUT2D eigenvalue weighted by Crippen LogP contribution is 2.27. The molecule has 1 aromatic heterocycles. The maximum atomic E-state index is 10.7. The molecule has 166 valence electrons. The molecule has 1 heterocycles. The lowest BCUT2D eigenvalue weighted by Crippen LogP contribution is -2.25. The molecule has 1 N–H and O–H groups in total. The topological polar surface area (TPSA) is 65.7 Å². The minimum absolute atomic E-state index is 0.129. The van der Waals surface area contributed by atoms with Gasteiger partial charge < -0.3 is 23.9 Å². The second kappa shape index (κ2) is 9.75. The van der Waals surface area contributed by atoms with Crippen LogP contribution in [-0.4, -0.2) is 34.5 Å². The van der Waals surface area contributed by atoms with Crippen LogP contribution in [0, 0.1) is 13.8 Å². The molecule has 0 radical (unpaired) electrons. The van der Waals surface area contributed by atoms with E-state index in [4.69, 9.17) is 19.2 Å². The number of para-hydroxylation sites is 5. The minimum atomic E-state index is -0.739. The first-order valence-electron chi connectivity index (χ1n) is 10.6. The molecule has 0 bridgehead atoms. The van der Waals surface area contributed by atoms with Crippen molar-refractivity contribution in [1.29, 1.82) is 0 Å². The van der Waals surface area contributed by atoms with Crippen molar-refractivity contribution in [2.75, 3.05) is 13.7 Å². The minimum Gasteiger partial charge on any atom is -0.493 e. The van der Waals surface area contributed by atoms with Gasteiger partial charge in [-0.1, -0.05) is 42.5 Å². The first-order chi connectivity index (χ1) is 15.6. The first-order valence-corrected chi connectivity index (χ1v) is 10.6. The molecule has 1 atom stereocenters. The van der Waals surface area contributed by atoms with Crippen molar-refractivity contribution in [3.05, 3.63) is 83.7 Å². The van der Waals surface area contributed by atoms with Crippen LogP contribution in [0.2, 0.25) is 0 Å². The van der Waals surface area contributed by atoms with Crippen molar-refractivity contribution >= 4 is 11.0 Å². The number of nitrogens with zero attached hydrogens (tertiary/aromatic N) is 2. The fourth-order valence-electron chi connectivity index (χ4n) is 3.79. The Morgan fingerprint density at radius 2 is 1.56 bits per heavy atom. The zero-order chi connectivity index (χ0) is 22.5. The highest BCUT2D eigenvalue weighted by molar-refractivity contribution is 5.75. The number of aromatic nitrogens is 2. The summed E-state index contributed by atoms with van der Waals surface area (Å²) in [5.74, 6) is 2.86. The number of fused-ring (bicyclic) bond motifs is 1. The molecule has 6 heteroatoms. The predicted octanol–water partition coefficient (Wildman–Crippen LogP) is 4.68. The Morgan fingerprint density at radius 3 is 2.31 bits per heavy atom. The van der Waals surface area contributed by atoms with Gasteiger partial charge in [0.25, 0.3) is 0 Å². The summed E-state index contributed by atoms with van der Waals surface area (Å²) >= 11 is 0. The van der Waals surface area contributed by atoms with Crippen molar-refractivity contribution < 1.29 is 19.3 Å². The van der Waals surface area contributed by atoms with Gasteiger partial charge in [0.15, 0.2) is 11.5 Å². The number of benzene rings is 3. The van der Waals surface area contributed by atoms with E-state index in [1.54, 1.807) is 7.11 Å². The van der Waals surface area contributed by atoms with E-state index in [2.05, 4.69) is 0 Å². The Kier molecular flexibility index (Phi) is 6.61. The normalized spacial score (nSPS) is 12.0. The van der Waals surface area contributed by atoms with Crippen LogP contribution in [0.3, 0.4) is 0 Å². The van der Waals surface area contributed by atoms with Gasteiger partial charge in [0, 0.05) is 0 Å². The number of methoxy groups -OCH3 is 1. The molecule has 0 spiro atoms. The fraction of sp³-hybridized carbons (Fsp3) is 0.269. The maximum absolute atomic E-state index is 10.7. The lowest BCUT2D eigenvalue weighted by Gasteiger charge is -2.17. The molecule has 4 aromatic rings. The van der Waals surface area contributed by atoms with Crippen LogP contribution >= 0.6 is 0 Å². The summed E-state index contributed by atoms with van der Waals surface area (Å²) in [7, 11) is 1.60. The van der Waals surface area contributed by atoms with Crippen molar-refractivity contribution in [1.82, 2.24) is 9.55 Å². The van der Waals surface area contributed by atoms with Crippen LogP contribution in [0.15, 0.2) is 66.7 Å². The van der Waals surface area contributed by atoms with Crippen LogP contribution < -0.4 is 14.2 Å². The number of aryl methyl sites for hydroxylation is 2. The Bertz CT molecular complexity index is 1180. The molecule has 1 unspecified atom stereocenters. The highest BCUT2D eigenvalue weighted by Gasteiger charge is 2.16. The zero-order valence-electron chi connectivity index (χ0n) is 18.6. The number of rotatable bonds is 9. The predicted molar refractivity (Wildman–Crippen MR) is 124 cm³/mol. The number of hydrogen-bond donors (Lipinski definition) is 1. The third-order valence-corrected chi connectivity index (χ3v) is 5.38. The molecule has 0 amide bonds. The van der Waals surface area contributed by atoms with Gasteiger partial charge in [0.1, 0.15) is 30.9 Å². The smallest absolute Gasteiger partial charge is 0.161 e. The van der Waals surface area contributed by atoms with Gasteiger partial charge in [-0.25, -0.2) is 4.98 Å². The van der Waals surface area contributed by atoms with Gasteiger partial charge in [0.2, 0.25) is 0 Å². The van der Waals surface area contributed by atoms with Crippen molar-refractivity contribution in [2.24, 2.45) is 0 Å². The van der Waals surface area contributed by atoms with E-state index in [1.807, 2.05) is 85.1 Å². The van der Waals surface area contributed by atoms with Gasteiger partial charge in [-0.05, 0) is 49.2 Å². The number of ether oxygens (including phenoxy) is 3. The summed E-state index contributed by atoms with van der Waals surface area (Å²) in [5, 5.41) is 10.7. The van der Waals surface area contributed by atoms with Crippen molar-refractivity contribution in [3.63, 3.8) is 0 Å². The standard InChI is InChI=1S/C26H28N2O4/c1-18-9-8-10-19(2)26(18)32-17-25-27-21-11-4-5-12-22(21)28(25)15-20(29)16-31-24-14-7-6-13-23(24)30-3/h4-14,20,29H,15-17H2,1-3H3. The first kappa shape index (κ1) is 21.7. The average molecular weight is 433 g/mol. The van der Waals surface area contributed by atoms with Gasteiger partial charge in [-0.15, -0.1) is 0 Å². The summed E-state index contributed by atoms with van der Waals surface area (Å²) in [6.07, 6.45) is -0.739. The van der Waals surface area contributed by atoms with Crippen LogP contribution in [0.4, 0.5) is 0 Å². The summed E-state index contributed by atoms with van der Waals surface area (Å²) in [4.78, 5) is 4.75. The molecule has 0 fully saturated rings. The summed E-state index contributed by atoms with van der Waals surface area (Å²) in [6, 6.07) is 21.4. The Hall–Kier alpha value is -3.51. The molecule has 0 aliphatic rings. The number of aliphatic hydroxyl groups is 1. The van der Waals surface area contributed by atoms with Crippen molar-refractivity contribution in [3.8, 4) is 17.2 Å². The van der Waals surface area contributed by atoms with E-state index >= 15 is 0 Å². The van der Waals surface area contributed by atoms with E-state index in [0.717, 1.165) is 33.7 Å². The Balaban J connectivity index is 1.52. The molecule has 6 nitrogen and oxygen atoms in total. The highest BCUT2D eigenvalue weighted by atomic mass is 16.5. The lowest BCUT2D eigenvalue weighted by molar-refractivity contribution is 0.0903. The number of imidazole rings is 1. The fourth-order valence-corrected chi connectivity index (χ4v) is 3.79. The van der Waals surface area contributed by atoms with Gasteiger partial charge in [-0.2, -0.15) is 0 Å². The molecular formula is C26H28N2O4. The van der Waals surface area contributed by atoms with Crippen LogP contribution in [0.5, 0.6) is 17.2 Å². The van der Waals surface area contributed by atoms with Gasteiger partial charge in [0.05, 0.1) is 24.7 Å². The molecule has 0 aliphatic heterocycles.